The Morgan fingerprint density at radius 2 is 1.44 bits per heavy atom. The van der Waals surface area contributed by atoms with Gasteiger partial charge in [0.05, 0.1) is 48.0 Å². The molecule has 4 aromatic rings. The van der Waals surface area contributed by atoms with Crippen LogP contribution in [0.2, 0.25) is 10.0 Å². The van der Waals surface area contributed by atoms with E-state index in [9.17, 15) is 9.59 Å². The van der Waals surface area contributed by atoms with Crippen LogP contribution in [0.15, 0.2) is 48.8 Å². The van der Waals surface area contributed by atoms with Crippen LogP contribution in [-0.2, 0) is 22.7 Å². The number of rotatable bonds is 12. The van der Waals surface area contributed by atoms with E-state index in [4.69, 9.17) is 47.6 Å². The van der Waals surface area contributed by atoms with E-state index in [1.165, 1.54) is 0 Å². The normalized spacial score (nSPS) is 16.5. The lowest BCUT2D eigenvalue weighted by molar-refractivity contribution is -0.120. The molecule has 2 aromatic carbocycles. The lowest BCUT2D eigenvalue weighted by Gasteiger charge is -2.32. The van der Waals surface area contributed by atoms with Crippen molar-refractivity contribution < 1.29 is 19.1 Å². The molecule has 2 aromatic heterocycles. The Morgan fingerprint density at radius 3 is 1.98 bits per heavy atom. The number of nitrogens with zero attached hydrogens (tertiary/aromatic N) is 6. The molecule has 14 heteroatoms. The van der Waals surface area contributed by atoms with Crippen molar-refractivity contribution in [1.29, 1.82) is 0 Å². The molecule has 4 heterocycles. The summed E-state index contributed by atoms with van der Waals surface area (Å²) in [6.45, 7) is 4.49. The molecule has 1 atom stereocenters. The minimum atomic E-state index is 0.0810. The standard InChI is InChI=1S/C34H36Cl2N8O4/c1-47-33-28(16-37-15-21-9-10-30(46)40-21)38-17-26(41-33)24-7-3-5-22(31(24)35)23-6-4-8-25(32(23)36)27-18-39-29(34(42-27)48-2)19-43-11-13-44(20-45)14-12-43/h3-8,17-18,20-21,37H,9-16,19H2,1-2H3,(H,40,46)/t21-/m0/s1. The second-order valence-electron chi connectivity index (χ2n) is 11.6. The highest BCUT2D eigenvalue weighted by Gasteiger charge is 2.23. The molecule has 2 N–H and O–H groups in total. The van der Waals surface area contributed by atoms with Crippen LogP contribution >= 0.6 is 23.2 Å². The summed E-state index contributed by atoms with van der Waals surface area (Å²) >= 11 is 14.1. The fourth-order valence-electron chi connectivity index (χ4n) is 5.92. The Morgan fingerprint density at radius 1 is 0.875 bits per heavy atom. The maximum absolute atomic E-state index is 11.5. The van der Waals surface area contributed by atoms with Crippen molar-refractivity contribution in [1.82, 2.24) is 40.4 Å². The van der Waals surface area contributed by atoms with Crippen LogP contribution in [0.5, 0.6) is 11.8 Å². The van der Waals surface area contributed by atoms with Gasteiger partial charge in [0.2, 0.25) is 24.1 Å². The van der Waals surface area contributed by atoms with E-state index in [0.717, 1.165) is 37.0 Å². The van der Waals surface area contributed by atoms with E-state index in [-0.39, 0.29) is 11.9 Å². The summed E-state index contributed by atoms with van der Waals surface area (Å²) < 4.78 is 11.2. The zero-order chi connectivity index (χ0) is 33.6. The van der Waals surface area contributed by atoms with E-state index in [1.807, 2.05) is 36.4 Å². The highest BCUT2D eigenvalue weighted by Crippen LogP contribution is 2.42. The van der Waals surface area contributed by atoms with Gasteiger partial charge in [-0.3, -0.25) is 24.5 Å². The molecule has 12 nitrogen and oxygen atoms in total. The number of piperazine rings is 1. The number of aromatic nitrogens is 4. The van der Waals surface area contributed by atoms with E-state index >= 15 is 0 Å². The van der Waals surface area contributed by atoms with Crippen molar-refractivity contribution in [2.45, 2.75) is 32.0 Å². The Balaban J connectivity index is 1.22. The topological polar surface area (TPSA) is 135 Å². The number of hydrogen-bond donors (Lipinski definition) is 2. The third-order valence-electron chi connectivity index (χ3n) is 8.55. The summed E-state index contributed by atoms with van der Waals surface area (Å²) in [5.74, 6) is 0.886. The number of hydrogen-bond acceptors (Lipinski definition) is 10. The highest BCUT2D eigenvalue weighted by atomic mass is 35.5. The van der Waals surface area contributed by atoms with Gasteiger partial charge in [0, 0.05) is 80.5 Å². The summed E-state index contributed by atoms with van der Waals surface area (Å²) in [5, 5.41) is 7.21. The predicted molar refractivity (Wildman–Crippen MR) is 183 cm³/mol. The van der Waals surface area contributed by atoms with Gasteiger partial charge in [0.1, 0.15) is 11.4 Å². The number of carbonyl (C=O) groups excluding carboxylic acids is 2. The Labute approximate surface area is 288 Å². The molecule has 2 aliphatic heterocycles. The van der Waals surface area contributed by atoms with Crippen molar-refractivity contribution in [2.75, 3.05) is 46.9 Å². The lowest BCUT2D eigenvalue weighted by Crippen LogP contribution is -2.45. The van der Waals surface area contributed by atoms with Crippen molar-refractivity contribution in [3.05, 3.63) is 70.2 Å². The minimum Gasteiger partial charge on any atom is -0.480 e. The van der Waals surface area contributed by atoms with Gasteiger partial charge in [-0.25, -0.2) is 9.97 Å². The average molecular weight is 692 g/mol. The third-order valence-corrected chi connectivity index (χ3v) is 9.36. The molecule has 0 bridgehead atoms. The maximum atomic E-state index is 11.5. The first kappa shape index (κ1) is 33.5. The first-order chi connectivity index (χ1) is 23.4. The van der Waals surface area contributed by atoms with Crippen LogP contribution in [0.25, 0.3) is 33.6 Å². The fraction of sp³-hybridized carbons (Fsp3) is 0.353. The number of methoxy groups -OCH3 is 2. The largest absolute Gasteiger partial charge is 0.480 e. The molecule has 0 spiro atoms. The quantitative estimate of drug-likeness (QED) is 0.208. The molecule has 0 aliphatic carbocycles. The Bertz CT molecular complexity index is 1800. The van der Waals surface area contributed by atoms with E-state index in [2.05, 4.69) is 20.5 Å². The van der Waals surface area contributed by atoms with Gasteiger partial charge in [-0.15, -0.1) is 0 Å². The van der Waals surface area contributed by atoms with Crippen molar-refractivity contribution >= 4 is 35.5 Å². The summed E-state index contributed by atoms with van der Waals surface area (Å²) in [5.41, 5.74) is 5.28. The van der Waals surface area contributed by atoms with Crippen molar-refractivity contribution in [3.8, 4) is 45.4 Å². The maximum Gasteiger partial charge on any atom is 0.237 e. The highest BCUT2D eigenvalue weighted by molar-refractivity contribution is 6.39. The van der Waals surface area contributed by atoms with Crippen LogP contribution in [-0.4, -0.2) is 95.0 Å². The van der Waals surface area contributed by atoms with Gasteiger partial charge in [-0.2, -0.15) is 0 Å². The Hall–Kier alpha value is -4.36. The van der Waals surface area contributed by atoms with Crippen molar-refractivity contribution in [3.63, 3.8) is 0 Å². The molecule has 2 fully saturated rings. The average Bonchev–Trinajstić information content (AvgIpc) is 3.54. The van der Waals surface area contributed by atoms with E-state index in [1.54, 1.807) is 31.5 Å². The monoisotopic (exact) mass is 690 g/mol. The molecule has 2 saturated heterocycles. The summed E-state index contributed by atoms with van der Waals surface area (Å²) in [6.07, 6.45) is 5.62. The van der Waals surface area contributed by atoms with Crippen LogP contribution in [0, 0.1) is 0 Å². The molecule has 48 heavy (non-hydrogen) atoms. The van der Waals surface area contributed by atoms with Gasteiger partial charge in [-0.05, 0) is 6.42 Å². The molecular formula is C34H36Cl2N8O4. The van der Waals surface area contributed by atoms with Gasteiger partial charge < -0.3 is 25.0 Å². The van der Waals surface area contributed by atoms with Crippen LogP contribution in [0.1, 0.15) is 24.2 Å². The van der Waals surface area contributed by atoms with E-state index < -0.39 is 0 Å². The number of benzene rings is 2. The van der Waals surface area contributed by atoms with Gasteiger partial charge in [0.25, 0.3) is 0 Å². The molecule has 250 valence electrons. The second kappa shape index (κ2) is 15.2. The summed E-state index contributed by atoms with van der Waals surface area (Å²) in [7, 11) is 3.13. The summed E-state index contributed by atoms with van der Waals surface area (Å²) in [4.78, 5) is 45.3. The predicted octanol–water partition coefficient (Wildman–Crippen LogP) is 4.23. The van der Waals surface area contributed by atoms with Gasteiger partial charge in [-0.1, -0.05) is 59.6 Å². The Kier molecular flexibility index (Phi) is 10.7. The van der Waals surface area contributed by atoms with Gasteiger partial charge >= 0.3 is 0 Å². The van der Waals surface area contributed by atoms with Crippen molar-refractivity contribution in [2.24, 2.45) is 0 Å². The molecule has 0 saturated carbocycles. The molecule has 6 rings (SSSR count). The number of halogens is 2. The molecule has 0 radical (unpaired) electrons. The molecule has 0 unspecified atom stereocenters. The summed E-state index contributed by atoms with van der Waals surface area (Å²) in [6, 6.07) is 11.5. The minimum absolute atomic E-state index is 0.0810. The smallest absolute Gasteiger partial charge is 0.237 e. The van der Waals surface area contributed by atoms with Crippen LogP contribution in [0.3, 0.4) is 0 Å². The van der Waals surface area contributed by atoms with E-state index in [0.29, 0.717) is 94.9 Å². The number of carbonyl (C=O) groups is 2. The SMILES string of the molecule is COc1nc(-c2cccc(-c3cccc(-c4cnc(CN5CCN(C=O)CC5)c(OC)n4)c3Cl)c2Cl)cnc1CNC[C@@H]1CCC(=O)N1. The first-order valence-electron chi connectivity index (χ1n) is 15.7. The number of nitrogens with one attached hydrogen (secondary N) is 2. The molecule has 2 amide bonds. The van der Waals surface area contributed by atoms with Crippen LogP contribution in [0.4, 0.5) is 0 Å². The zero-order valence-corrected chi connectivity index (χ0v) is 28.2. The molecular weight excluding hydrogens is 655 g/mol. The zero-order valence-electron chi connectivity index (χ0n) is 26.7. The lowest BCUT2D eigenvalue weighted by atomic mass is 9.98. The fourth-order valence-corrected chi connectivity index (χ4v) is 6.57. The third kappa shape index (κ3) is 7.36. The van der Waals surface area contributed by atoms with Gasteiger partial charge in [0.15, 0.2) is 0 Å². The number of ether oxygens (including phenoxy) is 2. The first-order valence-corrected chi connectivity index (χ1v) is 16.4. The second-order valence-corrected chi connectivity index (χ2v) is 12.4. The van der Waals surface area contributed by atoms with Crippen LogP contribution < -0.4 is 20.1 Å². The molecule has 2 aliphatic rings. The number of amides is 2.